The number of thioether (sulfide) groups is 1. The number of anilines is 1. The smallest absolute Gasteiger partial charge is 0.134 e. The number of hydrogen-bond donors (Lipinski definition) is 1. The highest BCUT2D eigenvalue weighted by molar-refractivity contribution is 7.99. The maximum absolute atomic E-state index is 9.25. The summed E-state index contributed by atoms with van der Waals surface area (Å²) >= 11 is 2.00. The fourth-order valence-corrected chi connectivity index (χ4v) is 2.68. The first kappa shape index (κ1) is 10.8. The molecule has 0 aliphatic carbocycles. The molecule has 82 valence electrons. The van der Waals surface area contributed by atoms with Crippen molar-refractivity contribution in [3.8, 4) is 0 Å². The summed E-state index contributed by atoms with van der Waals surface area (Å²) in [5.74, 6) is 3.35. The second-order valence-electron chi connectivity index (χ2n) is 3.60. The van der Waals surface area contributed by atoms with Crippen LogP contribution >= 0.6 is 11.8 Å². The van der Waals surface area contributed by atoms with Crippen molar-refractivity contribution in [3.05, 3.63) is 23.9 Å². The van der Waals surface area contributed by atoms with Crippen molar-refractivity contribution in [2.24, 2.45) is 0 Å². The van der Waals surface area contributed by atoms with Crippen molar-refractivity contribution < 1.29 is 5.11 Å². The molecule has 1 fully saturated rings. The summed E-state index contributed by atoms with van der Waals surface area (Å²) < 4.78 is 0. The average Bonchev–Trinajstić information content (AvgIpc) is 2.57. The van der Waals surface area contributed by atoms with Crippen molar-refractivity contribution in [1.29, 1.82) is 0 Å². The van der Waals surface area contributed by atoms with Gasteiger partial charge in [0.05, 0.1) is 6.61 Å². The second-order valence-corrected chi connectivity index (χ2v) is 4.82. The Morgan fingerprint density at radius 2 is 2.33 bits per heavy atom. The zero-order chi connectivity index (χ0) is 10.5. The summed E-state index contributed by atoms with van der Waals surface area (Å²) in [6.45, 7) is 2.17. The topological polar surface area (TPSA) is 36.4 Å². The van der Waals surface area contributed by atoms with Crippen LogP contribution in [0.3, 0.4) is 0 Å². The number of aromatic nitrogens is 1. The van der Waals surface area contributed by atoms with Crippen molar-refractivity contribution in [2.75, 3.05) is 29.5 Å². The van der Waals surface area contributed by atoms with Crippen LogP contribution in [0.15, 0.2) is 18.3 Å². The Balaban J connectivity index is 2.18. The van der Waals surface area contributed by atoms with Gasteiger partial charge in [-0.15, -0.1) is 0 Å². The van der Waals surface area contributed by atoms with E-state index in [0.717, 1.165) is 30.2 Å². The van der Waals surface area contributed by atoms with Crippen molar-refractivity contribution in [3.63, 3.8) is 0 Å². The Bertz CT molecular complexity index is 311. The van der Waals surface area contributed by atoms with Gasteiger partial charge < -0.3 is 10.0 Å². The molecule has 1 aromatic heterocycles. The van der Waals surface area contributed by atoms with Crippen LogP contribution < -0.4 is 4.90 Å². The lowest BCUT2D eigenvalue weighted by molar-refractivity contribution is 0.281. The van der Waals surface area contributed by atoms with E-state index in [2.05, 4.69) is 9.88 Å². The highest BCUT2D eigenvalue weighted by Gasteiger charge is 2.13. The van der Waals surface area contributed by atoms with Gasteiger partial charge in [0.15, 0.2) is 0 Å². The lowest BCUT2D eigenvalue weighted by atomic mass is 10.2. The monoisotopic (exact) mass is 224 g/mol. The van der Waals surface area contributed by atoms with E-state index in [0.29, 0.717) is 0 Å². The lowest BCUT2D eigenvalue weighted by Gasteiger charge is -2.23. The molecule has 1 saturated heterocycles. The molecule has 2 heterocycles. The molecule has 0 aromatic carbocycles. The molecule has 4 heteroatoms. The van der Waals surface area contributed by atoms with E-state index in [9.17, 15) is 5.11 Å². The molecular weight excluding hydrogens is 208 g/mol. The molecule has 1 N–H and O–H groups in total. The average molecular weight is 224 g/mol. The maximum Gasteiger partial charge on any atom is 0.134 e. The molecule has 0 spiro atoms. The van der Waals surface area contributed by atoms with Crippen LogP contribution in [-0.2, 0) is 6.61 Å². The second kappa shape index (κ2) is 5.37. The number of aliphatic hydroxyl groups is 1. The SMILES string of the molecule is OCc1cccnc1N1CCCSCC1. The summed E-state index contributed by atoms with van der Waals surface area (Å²) in [5.41, 5.74) is 0.935. The first-order valence-electron chi connectivity index (χ1n) is 5.29. The van der Waals surface area contributed by atoms with Gasteiger partial charge >= 0.3 is 0 Å². The fraction of sp³-hybridized carbons (Fsp3) is 0.545. The standard InChI is InChI=1S/C11H16N2OS/c14-9-10-3-1-4-12-11(10)13-5-2-7-15-8-6-13/h1,3-4,14H,2,5-9H2. The lowest BCUT2D eigenvalue weighted by Crippen LogP contribution is -2.27. The molecule has 0 saturated carbocycles. The van der Waals surface area contributed by atoms with Gasteiger partial charge in [0.1, 0.15) is 5.82 Å². The molecule has 15 heavy (non-hydrogen) atoms. The Hall–Kier alpha value is -0.740. The van der Waals surface area contributed by atoms with E-state index < -0.39 is 0 Å². The predicted molar refractivity (Wildman–Crippen MR) is 64.3 cm³/mol. The number of nitrogens with zero attached hydrogens (tertiary/aromatic N) is 2. The normalized spacial score (nSPS) is 17.5. The van der Waals surface area contributed by atoms with Crippen LogP contribution in [-0.4, -0.2) is 34.7 Å². The van der Waals surface area contributed by atoms with Crippen LogP contribution in [0.1, 0.15) is 12.0 Å². The molecule has 0 amide bonds. The molecular formula is C11H16N2OS. The van der Waals surface area contributed by atoms with E-state index in [1.54, 1.807) is 6.20 Å². The molecule has 0 bridgehead atoms. The number of rotatable bonds is 2. The first-order valence-corrected chi connectivity index (χ1v) is 6.45. The largest absolute Gasteiger partial charge is 0.392 e. The maximum atomic E-state index is 9.25. The van der Waals surface area contributed by atoms with Gasteiger partial charge in [0, 0.05) is 30.6 Å². The van der Waals surface area contributed by atoms with Crippen molar-refractivity contribution >= 4 is 17.6 Å². The van der Waals surface area contributed by atoms with E-state index in [1.807, 2.05) is 23.9 Å². The van der Waals surface area contributed by atoms with Gasteiger partial charge in [0.2, 0.25) is 0 Å². The summed E-state index contributed by atoms with van der Waals surface area (Å²) in [5, 5.41) is 9.25. The molecule has 3 nitrogen and oxygen atoms in total. The minimum Gasteiger partial charge on any atom is -0.392 e. The Morgan fingerprint density at radius 1 is 1.40 bits per heavy atom. The third-order valence-corrected chi connectivity index (χ3v) is 3.61. The van der Waals surface area contributed by atoms with Gasteiger partial charge in [-0.2, -0.15) is 11.8 Å². The van der Waals surface area contributed by atoms with E-state index >= 15 is 0 Å². The Kier molecular flexibility index (Phi) is 3.86. The summed E-state index contributed by atoms with van der Waals surface area (Å²) in [7, 11) is 0. The minimum atomic E-state index is 0.0762. The number of aliphatic hydroxyl groups excluding tert-OH is 1. The predicted octanol–water partition coefficient (Wildman–Crippen LogP) is 1.52. The zero-order valence-electron chi connectivity index (χ0n) is 8.72. The Morgan fingerprint density at radius 3 is 3.20 bits per heavy atom. The molecule has 1 aliphatic rings. The van der Waals surface area contributed by atoms with Gasteiger partial charge in [-0.05, 0) is 18.2 Å². The van der Waals surface area contributed by atoms with E-state index in [-0.39, 0.29) is 6.61 Å². The first-order chi connectivity index (χ1) is 7.42. The zero-order valence-corrected chi connectivity index (χ0v) is 9.54. The quantitative estimate of drug-likeness (QED) is 0.826. The van der Waals surface area contributed by atoms with E-state index in [4.69, 9.17) is 0 Å². The van der Waals surface area contributed by atoms with Crippen LogP contribution in [0.5, 0.6) is 0 Å². The molecule has 0 unspecified atom stereocenters. The number of pyridine rings is 1. The molecule has 0 atom stereocenters. The third-order valence-electron chi connectivity index (χ3n) is 2.56. The van der Waals surface area contributed by atoms with Crippen LogP contribution in [0.25, 0.3) is 0 Å². The minimum absolute atomic E-state index is 0.0762. The van der Waals surface area contributed by atoms with Crippen LogP contribution in [0, 0.1) is 0 Å². The molecule has 0 radical (unpaired) electrons. The third kappa shape index (κ3) is 2.63. The fourth-order valence-electron chi connectivity index (χ4n) is 1.80. The van der Waals surface area contributed by atoms with E-state index in [1.165, 1.54) is 12.2 Å². The highest BCUT2D eigenvalue weighted by Crippen LogP contribution is 2.20. The molecule has 1 aromatic rings. The van der Waals surface area contributed by atoms with Crippen molar-refractivity contribution in [1.82, 2.24) is 4.98 Å². The van der Waals surface area contributed by atoms with Crippen molar-refractivity contribution in [2.45, 2.75) is 13.0 Å². The Labute approximate surface area is 94.5 Å². The van der Waals surface area contributed by atoms with Gasteiger partial charge in [0.25, 0.3) is 0 Å². The summed E-state index contributed by atoms with van der Waals surface area (Å²) in [6, 6.07) is 3.82. The summed E-state index contributed by atoms with van der Waals surface area (Å²) in [6.07, 6.45) is 3.00. The van der Waals surface area contributed by atoms with Gasteiger partial charge in [-0.1, -0.05) is 6.07 Å². The molecule has 1 aliphatic heterocycles. The van der Waals surface area contributed by atoms with Gasteiger partial charge in [-0.3, -0.25) is 0 Å². The summed E-state index contributed by atoms with van der Waals surface area (Å²) in [4.78, 5) is 6.65. The van der Waals surface area contributed by atoms with Crippen LogP contribution in [0.4, 0.5) is 5.82 Å². The highest BCUT2D eigenvalue weighted by atomic mass is 32.2. The molecule has 2 rings (SSSR count). The van der Waals surface area contributed by atoms with Crippen LogP contribution in [0.2, 0.25) is 0 Å². The van der Waals surface area contributed by atoms with Gasteiger partial charge in [-0.25, -0.2) is 4.98 Å². The number of hydrogen-bond acceptors (Lipinski definition) is 4.